The lowest BCUT2D eigenvalue weighted by Gasteiger charge is -2.33. The van der Waals surface area contributed by atoms with E-state index in [9.17, 15) is 4.79 Å². The quantitative estimate of drug-likeness (QED) is 0.779. The lowest BCUT2D eigenvalue weighted by molar-refractivity contribution is -0.123. The van der Waals surface area contributed by atoms with Crippen molar-refractivity contribution < 1.29 is 9.53 Å². The molecule has 0 bridgehead atoms. The predicted molar refractivity (Wildman–Crippen MR) is 75.9 cm³/mol. The monoisotopic (exact) mass is 278 g/mol. The van der Waals surface area contributed by atoms with E-state index in [1.165, 1.54) is 0 Å². The first-order chi connectivity index (χ1) is 7.98. The number of ether oxygens (including phenoxy) is 1. The Labute approximate surface area is 116 Å². The van der Waals surface area contributed by atoms with Gasteiger partial charge in [0.1, 0.15) is 0 Å². The molecule has 4 nitrogen and oxygen atoms in total. The third-order valence-electron chi connectivity index (χ3n) is 3.84. The van der Waals surface area contributed by atoms with Gasteiger partial charge in [0, 0.05) is 19.6 Å². The largest absolute Gasteiger partial charge is 0.378 e. The van der Waals surface area contributed by atoms with Gasteiger partial charge in [-0.05, 0) is 32.1 Å². The van der Waals surface area contributed by atoms with Gasteiger partial charge in [-0.15, -0.1) is 12.4 Å². The van der Waals surface area contributed by atoms with E-state index in [0.717, 1.165) is 25.9 Å². The molecule has 2 atom stereocenters. The molecular formula is C13H27ClN2O2. The normalized spacial score (nSPS) is 22.4. The summed E-state index contributed by atoms with van der Waals surface area (Å²) in [7, 11) is 0. The number of hydrogen-bond acceptors (Lipinski definition) is 3. The summed E-state index contributed by atoms with van der Waals surface area (Å²) in [4.78, 5) is 11.9. The van der Waals surface area contributed by atoms with E-state index in [0.29, 0.717) is 18.9 Å². The summed E-state index contributed by atoms with van der Waals surface area (Å²) in [6.07, 6.45) is 3.85. The van der Waals surface area contributed by atoms with Gasteiger partial charge in [0.05, 0.1) is 11.6 Å². The van der Waals surface area contributed by atoms with Crippen LogP contribution >= 0.6 is 12.4 Å². The Hall–Kier alpha value is -0.320. The number of nitrogens with one attached hydrogen (secondary N) is 1. The van der Waals surface area contributed by atoms with Crippen molar-refractivity contribution in [3.63, 3.8) is 0 Å². The third-order valence-corrected chi connectivity index (χ3v) is 3.84. The van der Waals surface area contributed by atoms with Crippen LogP contribution in [0.15, 0.2) is 0 Å². The zero-order chi connectivity index (χ0) is 12.9. The van der Waals surface area contributed by atoms with E-state index in [-0.39, 0.29) is 30.0 Å². The van der Waals surface area contributed by atoms with Crippen molar-refractivity contribution in [2.75, 3.05) is 13.2 Å². The predicted octanol–water partition coefficient (Wildman–Crippen LogP) is 1.86. The minimum atomic E-state index is -0.298. The molecule has 0 spiro atoms. The van der Waals surface area contributed by atoms with E-state index in [2.05, 4.69) is 19.2 Å². The van der Waals surface area contributed by atoms with E-state index in [1.807, 2.05) is 6.92 Å². The molecular weight excluding hydrogens is 252 g/mol. The molecule has 1 rings (SSSR count). The number of hydrogen-bond donors (Lipinski definition) is 2. The van der Waals surface area contributed by atoms with E-state index >= 15 is 0 Å². The molecule has 0 aromatic carbocycles. The molecule has 18 heavy (non-hydrogen) atoms. The second-order valence-electron chi connectivity index (χ2n) is 5.50. The van der Waals surface area contributed by atoms with Gasteiger partial charge >= 0.3 is 0 Å². The highest BCUT2D eigenvalue weighted by molar-refractivity contribution is 5.85. The Morgan fingerprint density at radius 3 is 2.67 bits per heavy atom. The molecule has 0 saturated carbocycles. The highest BCUT2D eigenvalue weighted by Gasteiger charge is 2.28. The summed E-state index contributed by atoms with van der Waals surface area (Å²) >= 11 is 0. The van der Waals surface area contributed by atoms with Crippen LogP contribution in [-0.4, -0.2) is 30.7 Å². The van der Waals surface area contributed by atoms with Crippen molar-refractivity contribution in [2.24, 2.45) is 11.7 Å². The Morgan fingerprint density at radius 1 is 1.56 bits per heavy atom. The van der Waals surface area contributed by atoms with Crippen molar-refractivity contribution >= 4 is 18.3 Å². The Balaban J connectivity index is 0.00000289. The fourth-order valence-electron chi connectivity index (χ4n) is 1.98. The Bertz CT molecular complexity index is 255. The lowest BCUT2D eigenvalue weighted by Crippen LogP contribution is -2.55. The smallest absolute Gasteiger partial charge is 0.220 e. The fourth-order valence-corrected chi connectivity index (χ4v) is 1.98. The van der Waals surface area contributed by atoms with Crippen LogP contribution in [0.5, 0.6) is 0 Å². The number of rotatable bonds is 6. The SMILES string of the molecule is CC(C)C(C)(CN)NC(=O)CCC1CCCO1.Cl. The highest BCUT2D eigenvalue weighted by atomic mass is 35.5. The van der Waals surface area contributed by atoms with Gasteiger partial charge < -0.3 is 15.8 Å². The van der Waals surface area contributed by atoms with E-state index < -0.39 is 0 Å². The van der Waals surface area contributed by atoms with Gasteiger partial charge in [-0.2, -0.15) is 0 Å². The zero-order valence-corrected chi connectivity index (χ0v) is 12.5. The Kier molecular flexibility index (Phi) is 7.83. The first kappa shape index (κ1) is 17.7. The van der Waals surface area contributed by atoms with Gasteiger partial charge in [0.25, 0.3) is 0 Å². The third kappa shape index (κ3) is 5.12. The molecule has 1 amide bonds. The summed E-state index contributed by atoms with van der Waals surface area (Å²) < 4.78 is 5.50. The summed E-state index contributed by atoms with van der Waals surface area (Å²) in [5, 5.41) is 3.05. The highest BCUT2D eigenvalue weighted by Crippen LogP contribution is 2.18. The average Bonchev–Trinajstić information content (AvgIpc) is 2.78. The zero-order valence-electron chi connectivity index (χ0n) is 11.7. The minimum absolute atomic E-state index is 0. The second kappa shape index (κ2) is 7.97. The summed E-state index contributed by atoms with van der Waals surface area (Å²) in [5.41, 5.74) is 5.44. The summed E-state index contributed by atoms with van der Waals surface area (Å²) in [6, 6.07) is 0. The number of halogens is 1. The molecule has 108 valence electrons. The molecule has 1 fully saturated rings. The Morgan fingerprint density at radius 2 is 2.22 bits per heavy atom. The van der Waals surface area contributed by atoms with Crippen molar-refractivity contribution in [3.8, 4) is 0 Å². The minimum Gasteiger partial charge on any atom is -0.378 e. The summed E-state index contributed by atoms with van der Waals surface area (Å²) in [5.74, 6) is 0.418. The van der Waals surface area contributed by atoms with Gasteiger partial charge in [-0.25, -0.2) is 0 Å². The van der Waals surface area contributed by atoms with Crippen molar-refractivity contribution in [3.05, 3.63) is 0 Å². The molecule has 2 unspecified atom stereocenters. The van der Waals surface area contributed by atoms with Crippen LogP contribution in [0.25, 0.3) is 0 Å². The maximum atomic E-state index is 11.9. The molecule has 1 heterocycles. The van der Waals surface area contributed by atoms with Gasteiger partial charge in [0.2, 0.25) is 5.91 Å². The topological polar surface area (TPSA) is 64.3 Å². The molecule has 3 N–H and O–H groups in total. The number of carbonyl (C=O) groups excluding carboxylic acids is 1. The molecule has 0 aromatic rings. The van der Waals surface area contributed by atoms with E-state index in [1.54, 1.807) is 0 Å². The van der Waals surface area contributed by atoms with Crippen LogP contribution < -0.4 is 11.1 Å². The molecule has 1 saturated heterocycles. The molecule has 0 aliphatic carbocycles. The molecule has 5 heteroatoms. The average molecular weight is 279 g/mol. The van der Waals surface area contributed by atoms with Gasteiger partial charge in [-0.3, -0.25) is 4.79 Å². The number of amides is 1. The first-order valence-electron chi connectivity index (χ1n) is 6.60. The van der Waals surface area contributed by atoms with Crippen molar-refractivity contribution in [1.82, 2.24) is 5.32 Å². The van der Waals surface area contributed by atoms with Crippen molar-refractivity contribution in [1.29, 1.82) is 0 Å². The van der Waals surface area contributed by atoms with Crippen LogP contribution in [0, 0.1) is 5.92 Å². The van der Waals surface area contributed by atoms with Crippen LogP contribution in [0.3, 0.4) is 0 Å². The second-order valence-corrected chi connectivity index (χ2v) is 5.50. The molecule has 1 aliphatic heterocycles. The summed E-state index contributed by atoms with van der Waals surface area (Å²) in [6.45, 7) is 7.47. The van der Waals surface area contributed by atoms with Crippen LogP contribution in [0.4, 0.5) is 0 Å². The molecule has 1 aliphatic rings. The maximum Gasteiger partial charge on any atom is 0.220 e. The maximum absolute atomic E-state index is 11.9. The standard InChI is InChI=1S/C13H26N2O2.ClH/c1-10(2)13(3,9-14)15-12(16)7-6-11-5-4-8-17-11;/h10-11H,4-9,14H2,1-3H3,(H,15,16);1H. The number of carbonyl (C=O) groups is 1. The first-order valence-corrected chi connectivity index (χ1v) is 6.60. The van der Waals surface area contributed by atoms with Crippen LogP contribution in [0.1, 0.15) is 46.5 Å². The number of nitrogens with two attached hydrogens (primary N) is 1. The molecule has 0 aromatic heterocycles. The van der Waals surface area contributed by atoms with Gasteiger partial charge in [0.15, 0.2) is 0 Å². The lowest BCUT2D eigenvalue weighted by atomic mass is 9.88. The van der Waals surface area contributed by atoms with Crippen molar-refractivity contribution in [2.45, 2.75) is 58.1 Å². The van der Waals surface area contributed by atoms with Crippen LogP contribution in [0.2, 0.25) is 0 Å². The van der Waals surface area contributed by atoms with E-state index in [4.69, 9.17) is 10.5 Å². The fraction of sp³-hybridized carbons (Fsp3) is 0.923. The van der Waals surface area contributed by atoms with Crippen LogP contribution in [-0.2, 0) is 9.53 Å². The molecule has 0 radical (unpaired) electrons. The van der Waals surface area contributed by atoms with Gasteiger partial charge in [-0.1, -0.05) is 13.8 Å².